The summed E-state index contributed by atoms with van der Waals surface area (Å²) in [7, 11) is -2.30. The molecule has 2 aromatic carbocycles. The van der Waals surface area contributed by atoms with Crippen molar-refractivity contribution in [1.82, 2.24) is 9.62 Å². The van der Waals surface area contributed by atoms with Crippen molar-refractivity contribution in [1.29, 1.82) is 0 Å². The summed E-state index contributed by atoms with van der Waals surface area (Å²) in [5.74, 6) is -0.383. The highest BCUT2D eigenvalue weighted by Crippen LogP contribution is 2.16. The minimum atomic E-state index is -3.69. The van der Waals surface area contributed by atoms with Crippen LogP contribution in [-0.2, 0) is 21.4 Å². The SMILES string of the molecule is CCNCc1ccccc1NC(=O)CN(C)S(=O)(=O)c1ccccc1. The van der Waals surface area contributed by atoms with Gasteiger partial charge in [-0.25, -0.2) is 8.42 Å². The maximum absolute atomic E-state index is 12.5. The lowest BCUT2D eigenvalue weighted by molar-refractivity contribution is -0.116. The van der Waals surface area contributed by atoms with Crippen LogP contribution in [0, 0.1) is 0 Å². The molecule has 0 bridgehead atoms. The van der Waals surface area contributed by atoms with Crippen LogP contribution in [0.5, 0.6) is 0 Å². The second-order valence-electron chi connectivity index (χ2n) is 5.56. The second-order valence-corrected chi connectivity index (χ2v) is 7.60. The van der Waals surface area contributed by atoms with Crippen molar-refractivity contribution >= 4 is 21.6 Å². The fourth-order valence-electron chi connectivity index (χ4n) is 2.31. The number of hydrogen-bond acceptors (Lipinski definition) is 4. The molecule has 0 aliphatic carbocycles. The van der Waals surface area contributed by atoms with Gasteiger partial charge in [0.2, 0.25) is 15.9 Å². The van der Waals surface area contributed by atoms with Crippen molar-refractivity contribution in [3.8, 4) is 0 Å². The summed E-state index contributed by atoms with van der Waals surface area (Å²) in [6.07, 6.45) is 0. The zero-order valence-corrected chi connectivity index (χ0v) is 15.2. The largest absolute Gasteiger partial charge is 0.325 e. The van der Waals surface area contributed by atoms with Crippen molar-refractivity contribution in [2.24, 2.45) is 0 Å². The lowest BCUT2D eigenvalue weighted by atomic mass is 10.1. The van der Waals surface area contributed by atoms with E-state index < -0.39 is 10.0 Å². The summed E-state index contributed by atoms with van der Waals surface area (Å²) in [5.41, 5.74) is 1.63. The topological polar surface area (TPSA) is 78.5 Å². The zero-order chi connectivity index (χ0) is 18.3. The van der Waals surface area contributed by atoms with Crippen LogP contribution in [0.3, 0.4) is 0 Å². The fraction of sp³-hybridized carbons (Fsp3) is 0.278. The van der Waals surface area contributed by atoms with Crippen LogP contribution in [0.25, 0.3) is 0 Å². The molecule has 2 N–H and O–H groups in total. The maximum atomic E-state index is 12.5. The van der Waals surface area contributed by atoms with Crippen LogP contribution in [0.2, 0.25) is 0 Å². The van der Waals surface area contributed by atoms with Crippen LogP contribution in [0.1, 0.15) is 12.5 Å². The van der Waals surface area contributed by atoms with Crippen molar-refractivity contribution in [2.75, 3.05) is 25.5 Å². The predicted molar refractivity (Wildman–Crippen MR) is 98.7 cm³/mol. The van der Waals surface area contributed by atoms with E-state index in [9.17, 15) is 13.2 Å². The molecule has 0 radical (unpaired) electrons. The smallest absolute Gasteiger partial charge is 0.243 e. The van der Waals surface area contributed by atoms with Crippen molar-refractivity contribution in [3.63, 3.8) is 0 Å². The quantitative estimate of drug-likeness (QED) is 0.754. The molecule has 0 aromatic heterocycles. The lowest BCUT2D eigenvalue weighted by Crippen LogP contribution is -2.35. The average Bonchev–Trinajstić information content (AvgIpc) is 2.61. The Kier molecular flexibility index (Phi) is 6.69. The monoisotopic (exact) mass is 361 g/mol. The minimum Gasteiger partial charge on any atom is -0.325 e. The zero-order valence-electron chi connectivity index (χ0n) is 14.4. The molecule has 1 amide bonds. The van der Waals surface area contributed by atoms with Gasteiger partial charge in [-0.15, -0.1) is 0 Å². The van der Waals surface area contributed by atoms with Crippen LogP contribution in [-0.4, -0.2) is 38.8 Å². The second kappa shape index (κ2) is 8.75. The number of para-hydroxylation sites is 1. The van der Waals surface area contributed by atoms with E-state index in [2.05, 4.69) is 10.6 Å². The number of anilines is 1. The van der Waals surface area contributed by atoms with Gasteiger partial charge in [-0.05, 0) is 30.3 Å². The first-order valence-corrected chi connectivity index (χ1v) is 9.49. The summed E-state index contributed by atoms with van der Waals surface area (Å²) in [6.45, 7) is 3.20. The van der Waals surface area contributed by atoms with Crippen LogP contribution >= 0.6 is 0 Å². The Morgan fingerprint density at radius 3 is 2.36 bits per heavy atom. The Bertz CT molecular complexity index is 807. The number of hydrogen-bond donors (Lipinski definition) is 2. The third kappa shape index (κ3) is 5.12. The highest BCUT2D eigenvalue weighted by atomic mass is 32.2. The number of carbonyl (C=O) groups is 1. The number of likely N-dealkylation sites (N-methyl/N-ethyl adjacent to an activating group) is 1. The summed E-state index contributed by atoms with van der Waals surface area (Å²) in [4.78, 5) is 12.5. The number of rotatable bonds is 8. The lowest BCUT2D eigenvalue weighted by Gasteiger charge is -2.18. The molecule has 0 saturated heterocycles. The van der Waals surface area contributed by atoms with E-state index >= 15 is 0 Å². The Morgan fingerprint density at radius 1 is 1.04 bits per heavy atom. The molecule has 0 unspecified atom stereocenters. The first-order valence-electron chi connectivity index (χ1n) is 8.05. The van der Waals surface area contributed by atoms with Crippen LogP contribution < -0.4 is 10.6 Å². The number of nitrogens with one attached hydrogen (secondary N) is 2. The molecule has 2 aromatic rings. The van der Waals surface area contributed by atoms with E-state index in [1.54, 1.807) is 24.3 Å². The summed E-state index contributed by atoms with van der Waals surface area (Å²) in [5, 5.41) is 6.00. The molecule has 0 saturated carbocycles. The minimum absolute atomic E-state index is 0.165. The molecule has 0 aliphatic rings. The molecule has 0 aliphatic heterocycles. The van der Waals surface area contributed by atoms with Gasteiger partial charge in [0.25, 0.3) is 0 Å². The molecular weight excluding hydrogens is 338 g/mol. The number of carbonyl (C=O) groups excluding carboxylic acids is 1. The maximum Gasteiger partial charge on any atom is 0.243 e. The molecular formula is C18H23N3O3S. The van der Waals surface area contributed by atoms with Crippen molar-refractivity contribution in [3.05, 3.63) is 60.2 Å². The van der Waals surface area contributed by atoms with Gasteiger partial charge in [0.15, 0.2) is 0 Å². The van der Waals surface area contributed by atoms with Crippen molar-refractivity contribution in [2.45, 2.75) is 18.4 Å². The van der Waals surface area contributed by atoms with Gasteiger partial charge >= 0.3 is 0 Å². The van der Waals surface area contributed by atoms with Gasteiger partial charge in [0, 0.05) is 19.3 Å². The molecule has 0 heterocycles. The Balaban J connectivity index is 2.05. The number of sulfonamides is 1. The normalized spacial score (nSPS) is 11.5. The van der Waals surface area contributed by atoms with Gasteiger partial charge in [0.1, 0.15) is 0 Å². The number of amides is 1. The Morgan fingerprint density at radius 2 is 1.68 bits per heavy atom. The van der Waals surface area contributed by atoms with Gasteiger partial charge in [-0.1, -0.05) is 43.3 Å². The Labute approximate surface area is 148 Å². The Hall–Kier alpha value is -2.22. The summed E-state index contributed by atoms with van der Waals surface area (Å²) in [6, 6.07) is 15.5. The fourth-order valence-corrected chi connectivity index (χ4v) is 3.45. The first kappa shape index (κ1) is 19.1. The van der Waals surface area contributed by atoms with Crippen molar-refractivity contribution < 1.29 is 13.2 Å². The number of nitrogens with zero attached hydrogens (tertiary/aromatic N) is 1. The highest BCUT2D eigenvalue weighted by Gasteiger charge is 2.22. The third-order valence-electron chi connectivity index (χ3n) is 3.67. The van der Waals surface area contributed by atoms with Gasteiger partial charge in [-0.2, -0.15) is 4.31 Å². The van der Waals surface area contributed by atoms with Gasteiger partial charge < -0.3 is 10.6 Å². The van der Waals surface area contributed by atoms with E-state index in [0.29, 0.717) is 12.2 Å². The van der Waals surface area contributed by atoms with E-state index in [1.807, 2.05) is 25.1 Å². The molecule has 134 valence electrons. The van der Waals surface area contributed by atoms with Crippen LogP contribution in [0.4, 0.5) is 5.69 Å². The van der Waals surface area contributed by atoms with Crippen LogP contribution in [0.15, 0.2) is 59.5 Å². The third-order valence-corrected chi connectivity index (χ3v) is 5.49. The molecule has 6 nitrogen and oxygen atoms in total. The molecule has 0 atom stereocenters. The first-order chi connectivity index (χ1) is 11.9. The average molecular weight is 361 g/mol. The molecule has 2 rings (SSSR count). The molecule has 25 heavy (non-hydrogen) atoms. The van der Waals surface area contributed by atoms with E-state index in [1.165, 1.54) is 19.2 Å². The molecule has 0 fully saturated rings. The summed E-state index contributed by atoms with van der Waals surface area (Å²) < 4.78 is 26.0. The predicted octanol–water partition coefficient (Wildman–Crippen LogP) is 2.06. The molecule has 7 heteroatoms. The molecule has 0 spiro atoms. The van der Waals surface area contributed by atoms with E-state index in [0.717, 1.165) is 16.4 Å². The summed E-state index contributed by atoms with van der Waals surface area (Å²) >= 11 is 0. The standard InChI is InChI=1S/C18H23N3O3S/c1-3-19-13-15-9-7-8-12-17(15)20-18(22)14-21(2)25(23,24)16-10-5-4-6-11-16/h4-12,19H,3,13-14H2,1-2H3,(H,20,22). The number of benzene rings is 2. The van der Waals surface area contributed by atoms with Gasteiger partial charge in [-0.3, -0.25) is 4.79 Å². The van der Waals surface area contributed by atoms with E-state index in [-0.39, 0.29) is 17.3 Å². The van der Waals surface area contributed by atoms with Gasteiger partial charge in [0.05, 0.1) is 11.4 Å². The van der Waals surface area contributed by atoms with E-state index in [4.69, 9.17) is 0 Å². The highest BCUT2D eigenvalue weighted by molar-refractivity contribution is 7.89.